The van der Waals surface area contributed by atoms with Gasteiger partial charge in [0.05, 0.1) is 6.54 Å². The number of allylic oxidation sites excluding steroid dienone is 3. The summed E-state index contributed by atoms with van der Waals surface area (Å²) in [6.45, 7) is 24.2. The van der Waals surface area contributed by atoms with E-state index in [2.05, 4.69) is 69.2 Å². The summed E-state index contributed by atoms with van der Waals surface area (Å²) in [5.74, 6) is 0.782. The lowest BCUT2D eigenvalue weighted by molar-refractivity contribution is 0.804. The molecule has 1 aromatic carbocycles. The molecule has 1 aromatic rings. The van der Waals surface area contributed by atoms with Crippen LogP contribution in [0.4, 0.5) is 0 Å². The van der Waals surface area contributed by atoms with E-state index in [1.165, 1.54) is 11.1 Å². The van der Waals surface area contributed by atoms with Crippen molar-refractivity contribution in [1.29, 1.82) is 0 Å². The van der Waals surface area contributed by atoms with Crippen molar-refractivity contribution < 1.29 is 0 Å². The van der Waals surface area contributed by atoms with Gasteiger partial charge in [-0.1, -0.05) is 71.8 Å². The Morgan fingerprint density at radius 3 is 2.46 bits per heavy atom. The maximum Gasteiger partial charge on any atom is 0.129 e. The Morgan fingerprint density at radius 1 is 1.21 bits per heavy atom. The number of aryl methyl sites for hydroxylation is 1. The van der Waals surface area contributed by atoms with Crippen molar-refractivity contribution in [3.05, 3.63) is 109 Å². The maximum atomic E-state index is 6.30. The summed E-state index contributed by atoms with van der Waals surface area (Å²) in [5, 5.41) is 4.13. The van der Waals surface area contributed by atoms with Gasteiger partial charge in [0.2, 0.25) is 0 Å². The third-order valence-electron chi connectivity index (χ3n) is 3.81. The Morgan fingerprint density at radius 2 is 1.89 bits per heavy atom. The molecule has 0 aliphatic rings. The first-order valence-electron chi connectivity index (χ1n) is 9.21. The third-order valence-corrected chi connectivity index (χ3v) is 4.18. The molecule has 150 valence electrons. The van der Waals surface area contributed by atoms with Crippen LogP contribution in [-0.4, -0.2) is 18.4 Å². The van der Waals surface area contributed by atoms with Crippen molar-refractivity contribution in [1.82, 2.24) is 5.32 Å². The van der Waals surface area contributed by atoms with Gasteiger partial charge in [-0.2, -0.15) is 0 Å². The van der Waals surface area contributed by atoms with Crippen molar-refractivity contribution >= 4 is 17.4 Å². The van der Waals surface area contributed by atoms with Crippen LogP contribution >= 0.6 is 11.6 Å². The fraction of sp³-hybridized carbons (Fsp3) is 0.240. The van der Waals surface area contributed by atoms with Crippen LogP contribution in [0.3, 0.4) is 0 Å². The molecule has 0 radical (unpaired) electrons. The molecule has 1 unspecified atom stereocenters. The zero-order chi connectivity index (χ0) is 21.5. The maximum absolute atomic E-state index is 6.30. The summed E-state index contributed by atoms with van der Waals surface area (Å²) in [6.07, 6.45) is 10.3. The summed E-state index contributed by atoms with van der Waals surface area (Å²) < 4.78 is 0. The largest absolute Gasteiger partial charge is 0.364 e. The number of nitrogens with zero attached hydrogens (tertiary/aromatic N) is 1. The van der Waals surface area contributed by atoms with E-state index in [9.17, 15) is 0 Å². The molecule has 1 N–H and O–H groups in total. The van der Waals surface area contributed by atoms with Crippen LogP contribution in [0.1, 0.15) is 25.0 Å². The van der Waals surface area contributed by atoms with E-state index in [1.54, 1.807) is 12.2 Å². The third kappa shape index (κ3) is 9.38. The second-order valence-corrected chi connectivity index (χ2v) is 6.66. The minimum Gasteiger partial charge on any atom is -0.364 e. The number of nitrogens with one attached hydrogen (secondary N) is 1. The molecule has 0 saturated heterocycles. The second-order valence-electron chi connectivity index (χ2n) is 6.26. The number of aliphatic imine (C=N–C) groups is 1. The van der Waals surface area contributed by atoms with Gasteiger partial charge in [0.15, 0.2) is 0 Å². The lowest BCUT2D eigenvalue weighted by atomic mass is 10.0. The van der Waals surface area contributed by atoms with E-state index in [4.69, 9.17) is 11.6 Å². The van der Waals surface area contributed by atoms with E-state index in [1.807, 2.05) is 31.2 Å². The average Bonchev–Trinajstić information content (AvgIpc) is 2.70. The predicted molar refractivity (Wildman–Crippen MR) is 128 cm³/mol. The van der Waals surface area contributed by atoms with Crippen molar-refractivity contribution in [2.75, 3.05) is 6.54 Å². The van der Waals surface area contributed by atoms with Gasteiger partial charge in [0.1, 0.15) is 5.84 Å². The van der Waals surface area contributed by atoms with Gasteiger partial charge in [-0.05, 0) is 38.8 Å². The summed E-state index contributed by atoms with van der Waals surface area (Å²) >= 11 is 6.30. The first-order chi connectivity index (χ1) is 13.4. The molecule has 0 bridgehead atoms. The zero-order valence-electron chi connectivity index (χ0n) is 17.5. The SMILES string of the molecule is C=C.C=CCN=C(NC(C)C=C)/C(C=C)=C/C=C(\C)Cc1cc(C)ccc1Cl. The fourth-order valence-electron chi connectivity index (χ4n) is 2.32. The highest BCUT2D eigenvalue weighted by atomic mass is 35.5. The Bertz CT molecular complexity index is 754. The van der Waals surface area contributed by atoms with Gasteiger partial charge in [-0.15, -0.1) is 26.3 Å². The van der Waals surface area contributed by atoms with E-state index in [0.29, 0.717) is 6.54 Å². The standard InChI is InChI=1S/C23H29ClN2.C2H4/c1-7-14-25-23(26-19(6)8-2)20(9-3)12-10-17(4)15-21-16-18(5)11-13-22(21)24;1-2/h7-13,16,19H,1-3,14-15H2,4-6H3,(H,25,26);1-2H2/b17-10+,20-12+;. The number of halogens is 1. The van der Waals surface area contributed by atoms with Crippen LogP contribution in [0, 0.1) is 6.92 Å². The molecule has 0 saturated carbocycles. The lowest BCUT2D eigenvalue weighted by Crippen LogP contribution is -2.32. The molecule has 28 heavy (non-hydrogen) atoms. The molecule has 0 fully saturated rings. The number of hydrogen-bond donors (Lipinski definition) is 1. The van der Waals surface area contributed by atoms with E-state index >= 15 is 0 Å². The van der Waals surface area contributed by atoms with Gasteiger partial charge in [0.25, 0.3) is 0 Å². The van der Waals surface area contributed by atoms with Crippen molar-refractivity contribution in [2.24, 2.45) is 4.99 Å². The summed E-state index contributed by atoms with van der Waals surface area (Å²) in [5.41, 5.74) is 4.47. The van der Waals surface area contributed by atoms with Crippen LogP contribution in [0.15, 0.2) is 97.6 Å². The quantitative estimate of drug-likeness (QED) is 0.211. The Labute approximate surface area is 176 Å². The number of benzene rings is 1. The van der Waals surface area contributed by atoms with Crippen LogP contribution in [-0.2, 0) is 6.42 Å². The first kappa shape index (κ1) is 25.4. The molecule has 3 heteroatoms. The van der Waals surface area contributed by atoms with Crippen LogP contribution in [0.25, 0.3) is 0 Å². The summed E-state index contributed by atoms with van der Waals surface area (Å²) in [6, 6.07) is 6.21. The van der Waals surface area contributed by atoms with E-state index < -0.39 is 0 Å². The second kappa shape index (κ2) is 14.5. The molecule has 0 heterocycles. The molecular formula is C25H33ClN2. The number of hydrogen-bond acceptors (Lipinski definition) is 1. The van der Waals surface area contributed by atoms with Gasteiger partial charge in [0, 0.05) is 16.6 Å². The molecule has 2 nitrogen and oxygen atoms in total. The lowest BCUT2D eigenvalue weighted by Gasteiger charge is -2.14. The monoisotopic (exact) mass is 396 g/mol. The van der Waals surface area contributed by atoms with Crippen molar-refractivity contribution in [2.45, 2.75) is 33.2 Å². The van der Waals surface area contributed by atoms with Crippen LogP contribution in [0.2, 0.25) is 5.02 Å². The minimum atomic E-state index is 0.109. The normalized spacial score (nSPS) is 13.1. The Balaban J connectivity index is 0.00000352. The predicted octanol–water partition coefficient (Wildman–Crippen LogP) is 6.80. The molecule has 0 aromatic heterocycles. The average molecular weight is 397 g/mol. The Hall–Kier alpha value is -2.58. The van der Waals surface area contributed by atoms with Crippen LogP contribution in [0.5, 0.6) is 0 Å². The van der Waals surface area contributed by atoms with Gasteiger partial charge in [-0.25, -0.2) is 0 Å². The van der Waals surface area contributed by atoms with Crippen molar-refractivity contribution in [3.63, 3.8) is 0 Å². The zero-order valence-corrected chi connectivity index (χ0v) is 18.2. The molecule has 1 atom stereocenters. The smallest absolute Gasteiger partial charge is 0.129 e. The molecule has 0 aliphatic heterocycles. The van der Waals surface area contributed by atoms with E-state index in [-0.39, 0.29) is 6.04 Å². The van der Waals surface area contributed by atoms with Gasteiger partial charge in [-0.3, -0.25) is 4.99 Å². The highest BCUT2D eigenvalue weighted by Crippen LogP contribution is 2.20. The number of amidine groups is 1. The molecule has 0 aliphatic carbocycles. The van der Waals surface area contributed by atoms with Crippen molar-refractivity contribution in [3.8, 4) is 0 Å². The van der Waals surface area contributed by atoms with Gasteiger partial charge >= 0.3 is 0 Å². The fourth-order valence-corrected chi connectivity index (χ4v) is 2.51. The van der Waals surface area contributed by atoms with Gasteiger partial charge < -0.3 is 5.32 Å². The molecule has 0 spiro atoms. The first-order valence-corrected chi connectivity index (χ1v) is 9.58. The minimum absolute atomic E-state index is 0.109. The highest BCUT2D eigenvalue weighted by molar-refractivity contribution is 6.31. The topological polar surface area (TPSA) is 24.4 Å². The molecular weight excluding hydrogens is 364 g/mol. The van der Waals surface area contributed by atoms with Crippen LogP contribution < -0.4 is 5.32 Å². The summed E-state index contributed by atoms with van der Waals surface area (Å²) in [4.78, 5) is 4.54. The number of rotatable bonds is 9. The molecule has 1 rings (SSSR count). The van der Waals surface area contributed by atoms with E-state index in [0.717, 1.165) is 28.4 Å². The molecule has 0 amide bonds. The Kier molecular flexibility index (Phi) is 13.1. The summed E-state index contributed by atoms with van der Waals surface area (Å²) in [7, 11) is 0. The highest BCUT2D eigenvalue weighted by Gasteiger charge is 2.06.